The Balaban J connectivity index is 1.79. The summed E-state index contributed by atoms with van der Waals surface area (Å²) in [7, 11) is 0. The zero-order chi connectivity index (χ0) is 13.2. The van der Waals surface area contributed by atoms with Crippen LogP contribution in [0.15, 0.2) is 15.1 Å². The molecule has 0 atom stereocenters. The van der Waals surface area contributed by atoms with Gasteiger partial charge >= 0.3 is 0 Å². The lowest BCUT2D eigenvalue weighted by Crippen LogP contribution is -1.93. The highest BCUT2D eigenvalue weighted by Crippen LogP contribution is 2.16. The Morgan fingerprint density at radius 2 is 1.95 bits per heavy atom. The molecule has 0 aliphatic carbocycles. The fourth-order valence-electron chi connectivity index (χ4n) is 1.64. The number of hydrogen-bond donors (Lipinski definition) is 1. The van der Waals surface area contributed by atoms with Crippen molar-refractivity contribution in [1.29, 1.82) is 0 Å². The van der Waals surface area contributed by atoms with Gasteiger partial charge in [-0.2, -0.15) is 15.1 Å². The molecule has 3 rings (SSSR count). The smallest absolute Gasteiger partial charge is 0.278 e. The van der Waals surface area contributed by atoms with E-state index in [0.29, 0.717) is 35.5 Å². The second kappa shape index (κ2) is 4.63. The number of aromatic nitrogens is 6. The molecule has 0 fully saturated rings. The van der Waals surface area contributed by atoms with Crippen molar-refractivity contribution >= 4 is 0 Å². The highest BCUT2D eigenvalue weighted by atomic mass is 16.5. The Morgan fingerprint density at radius 1 is 1.16 bits per heavy atom. The summed E-state index contributed by atoms with van der Waals surface area (Å²) in [6.45, 7) is 3.77. The third-order valence-corrected chi connectivity index (χ3v) is 2.58. The van der Waals surface area contributed by atoms with E-state index in [9.17, 15) is 0 Å². The maximum atomic E-state index is 5.16. The highest BCUT2D eigenvalue weighted by Gasteiger charge is 2.14. The van der Waals surface area contributed by atoms with Crippen LogP contribution >= 0.6 is 0 Å². The van der Waals surface area contributed by atoms with Crippen molar-refractivity contribution in [3.63, 3.8) is 0 Å². The minimum atomic E-state index is 0.367. The lowest BCUT2D eigenvalue weighted by Gasteiger charge is -1.84. The van der Waals surface area contributed by atoms with E-state index in [1.807, 2.05) is 13.0 Å². The maximum Gasteiger partial charge on any atom is 0.278 e. The molecule has 3 aromatic rings. The van der Waals surface area contributed by atoms with E-state index in [0.717, 1.165) is 12.1 Å². The molecule has 0 unspecified atom stereocenters. The minimum absolute atomic E-state index is 0.367. The van der Waals surface area contributed by atoms with Gasteiger partial charge in [-0.15, -0.1) is 0 Å². The van der Waals surface area contributed by atoms with Crippen LogP contribution in [0.1, 0.15) is 30.2 Å². The quantitative estimate of drug-likeness (QED) is 0.753. The monoisotopic (exact) mass is 260 g/mol. The topological polar surface area (TPSA) is 107 Å². The molecule has 0 bridgehead atoms. The molecule has 8 heteroatoms. The number of nitrogens with zero attached hydrogens (tertiary/aromatic N) is 5. The first-order valence-electron chi connectivity index (χ1n) is 5.91. The van der Waals surface area contributed by atoms with Crippen LogP contribution in [0.25, 0.3) is 11.6 Å². The Kier molecular flexibility index (Phi) is 2.82. The average molecular weight is 260 g/mol. The van der Waals surface area contributed by atoms with Crippen molar-refractivity contribution in [2.24, 2.45) is 0 Å². The molecule has 0 amide bonds. The molecule has 0 aliphatic rings. The van der Waals surface area contributed by atoms with Gasteiger partial charge in [0.15, 0.2) is 17.3 Å². The standard InChI is InChI=1S/C11H12N6O2/c1-3-7-4-8(15-14-7)11-13-10(17-19-11)5-9-12-6(2)18-16-9/h4H,3,5H2,1-2H3,(H,14,15). The molecular formula is C11H12N6O2. The summed E-state index contributed by atoms with van der Waals surface area (Å²) in [5.41, 5.74) is 1.66. The van der Waals surface area contributed by atoms with Crippen molar-refractivity contribution in [3.05, 3.63) is 29.3 Å². The highest BCUT2D eigenvalue weighted by molar-refractivity contribution is 5.46. The van der Waals surface area contributed by atoms with E-state index in [1.165, 1.54) is 0 Å². The van der Waals surface area contributed by atoms with Gasteiger partial charge in [0.2, 0.25) is 5.89 Å². The summed E-state index contributed by atoms with van der Waals surface area (Å²) in [5, 5.41) is 14.7. The number of hydrogen-bond acceptors (Lipinski definition) is 7. The molecule has 1 N–H and O–H groups in total. The lowest BCUT2D eigenvalue weighted by atomic mass is 10.3. The predicted octanol–water partition coefficient (Wildman–Crippen LogP) is 1.30. The van der Waals surface area contributed by atoms with E-state index < -0.39 is 0 Å². The molecule has 3 heterocycles. The minimum Gasteiger partial charge on any atom is -0.340 e. The second-order valence-electron chi connectivity index (χ2n) is 4.05. The van der Waals surface area contributed by atoms with Gasteiger partial charge in [0.05, 0.1) is 6.42 Å². The van der Waals surface area contributed by atoms with Crippen LogP contribution in [0.3, 0.4) is 0 Å². The normalized spacial score (nSPS) is 11.1. The number of H-pyrrole nitrogens is 1. The van der Waals surface area contributed by atoms with Gasteiger partial charge in [-0.3, -0.25) is 5.10 Å². The molecule has 19 heavy (non-hydrogen) atoms. The van der Waals surface area contributed by atoms with E-state index in [1.54, 1.807) is 6.92 Å². The van der Waals surface area contributed by atoms with E-state index >= 15 is 0 Å². The summed E-state index contributed by atoms with van der Waals surface area (Å²) in [6.07, 6.45) is 1.24. The third-order valence-electron chi connectivity index (χ3n) is 2.58. The van der Waals surface area contributed by atoms with Crippen molar-refractivity contribution < 1.29 is 9.05 Å². The third kappa shape index (κ3) is 2.37. The molecule has 98 valence electrons. The number of aryl methyl sites for hydroxylation is 2. The molecule has 3 aromatic heterocycles. The maximum absolute atomic E-state index is 5.16. The summed E-state index contributed by atoms with van der Waals surface area (Å²) in [4.78, 5) is 8.33. The average Bonchev–Trinajstić information content (AvgIpc) is 3.10. The van der Waals surface area contributed by atoms with E-state index in [-0.39, 0.29) is 0 Å². The van der Waals surface area contributed by atoms with E-state index in [2.05, 4.69) is 30.5 Å². The Bertz CT molecular complexity index is 683. The van der Waals surface area contributed by atoms with Gasteiger partial charge < -0.3 is 9.05 Å². The first kappa shape index (κ1) is 11.6. The summed E-state index contributed by atoms with van der Waals surface area (Å²) in [6, 6.07) is 1.88. The molecular weight excluding hydrogens is 248 g/mol. The SMILES string of the molecule is CCc1cc(-c2nc(Cc3noc(C)n3)no2)n[nH]1. The molecule has 0 saturated carbocycles. The fourth-order valence-corrected chi connectivity index (χ4v) is 1.64. The van der Waals surface area contributed by atoms with Crippen LogP contribution in [-0.4, -0.2) is 30.5 Å². The molecule has 0 saturated heterocycles. The Hall–Kier alpha value is -2.51. The molecule has 0 aromatic carbocycles. The summed E-state index contributed by atoms with van der Waals surface area (Å²) >= 11 is 0. The van der Waals surface area contributed by atoms with Crippen molar-refractivity contribution in [3.8, 4) is 11.6 Å². The number of nitrogens with one attached hydrogen (secondary N) is 1. The lowest BCUT2D eigenvalue weighted by molar-refractivity contribution is 0.387. The molecule has 0 radical (unpaired) electrons. The second-order valence-corrected chi connectivity index (χ2v) is 4.05. The van der Waals surface area contributed by atoms with E-state index in [4.69, 9.17) is 9.05 Å². The van der Waals surface area contributed by atoms with Crippen LogP contribution in [0.4, 0.5) is 0 Å². The van der Waals surface area contributed by atoms with Crippen LogP contribution in [0.2, 0.25) is 0 Å². The van der Waals surface area contributed by atoms with Crippen molar-refractivity contribution in [2.75, 3.05) is 0 Å². The van der Waals surface area contributed by atoms with Gasteiger partial charge in [-0.05, 0) is 12.5 Å². The zero-order valence-electron chi connectivity index (χ0n) is 10.5. The fraction of sp³-hybridized carbons (Fsp3) is 0.364. The zero-order valence-corrected chi connectivity index (χ0v) is 10.5. The Labute approximate surface area is 108 Å². The Morgan fingerprint density at radius 3 is 2.63 bits per heavy atom. The largest absolute Gasteiger partial charge is 0.340 e. The van der Waals surface area contributed by atoms with Gasteiger partial charge in [0, 0.05) is 12.6 Å². The van der Waals surface area contributed by atoms with Gasteiger partial charge in [-0.25, -0.2) is 0 Å². The predicted molar refractivity (Wildman–Crippen MR) is 63.1 cm³/mol. The molecule has 8 nitrogen and oxygen atoms in total. The number of aromatic amines is 1. The van der Waals surface area contributed by atoms with Crippen molar-refractivity contribution in [1.82, 2.24) is 30.5 Å². The molecule has 0 spiro atoms. The van der Waals surface area contributed by atoms with Crippen LogP contribution in [0, 0.1) is 6.92 Å². The summed E-state index contributed by atoms with van der Waals surface area (Å²) in [5.74, 6) is 1.92. The van der Waals surface area contributed by atoms with Crippen LogP contribution in [0.5, 0.6) is 0 Å². The van der Waals surface area contributed by atoms with Gasteiger partial charge in [-0.1, -0.05) is 17.2 Å². The number of rotatable bonds is 4. The molecule has 0 aliphatic heterocycles. The van der Waals surface area contributed by atoms with Crippen LogP contribution in [-0.2, 0) is 12.8 Å². The van der Waals surface area contributed by atoms with Crippen molar-refractivity contribution in [2.45, 2.75) is 26.7 Å². The first-order valence-corrected chi connectivity index (χ1v) is 5.91. The van der Waals surface area contributed by atoms with Gasteiger partial charge in [0.25, 0.3) is 5.89 Å². The first-order chi connectivity index (χ1) is 9.24. The van der Waals surface area contributed by atoms with Crippen LogP contribution < -0.4 is 0 Å². The summed E-state index contributed by atoms with van der Waals surface area (Å²) < 4.78 is 10.0. The van der Waals surface area contributed by atoms with Gasteiger partial charge in [0.1, 0.15) is 0 Å².